The van der Waals surface area contributed by atoms with Gasteiger partial charge in [-0.3, -0.25) is 9.52 Å². The number of nitrogens with zero attached hydrogens (tertiary/aromatic N) is 1. The number of sulfonamides is 1. The fourth-order valence-electron chi connectivity index (χ4n) is 2.10. The molecule has 0 fully saturated rings. The normalized spacial score (nSPS) is 11.1. The predicted octanol–water partition coefficient (Wildman–Crippen LogP) is 3.75. The van der Waals surface area contributed by atoms with Crippen LogP contribution in [0, 0.1) is 5.82 Å². The van der Waals surface area contributed by atoms with Gasteiger partial charge in [0.25, 0.3) is 15.9 Å². The zero-order valence-corrected chi connectivity index (χ0v) is 16.4. The molecule has 0 saturated carbocycles. The van der Waals surface area contributed by atoms with E-state index in [1.165, 1.54) is 48.7 Å². The molecule has 3 aromatic rings. The lowest BCUT2D eigenvalue weighted by atomic mass is 10.3. The van der Waals surface area contributed by atoms with Gasteiger partial charge in [-0.1, -0.05) is 17.7 Å². The lowest BCUT2D eigenvalue weighted by Gasteiger charge is -2.10. The first-order valence-electron chi connectivity index (χ1n) is 7.74. The Morgan fingerprint density at radius 2 is 1.96 bits per heavy atom. The van der Waals surface area contributed by atoms with Crippen LogP contribution in [-0.4, -0.2) is 25.9 Å². The lowest BCUT2D eigenvalue weighted by molar-refractivity contribution is -0.118. The van der Waals surface area contributed by atoms with Crippen LogP contribution in [0.4, 0.5) is 15.2 Å². The quantitative estimate of drug-likeness (QED) is 0.582. The third-order valence-electron chi connectivity index (χ3n) is 3.38. The predicted molar refractivity (Wildman–Crippen MR) is 105 cm³/mol. The molecule has 28 heavy (non-hydrogen) atoms. The fourth-order valence-corrected chi connectivity index (χ4v) is 4.06. The molecule has 2 N–H and O–H groups in total. The van der Waals surface area contributed by atoms with Gasteiger partial charge in [0.2, 0.25) is 0 Å². The molecule has 2 aromatic carbocycles. The molecule has 0 aliphatic rings. The first kappa shape index (κ1) is 20.1. The van der Waals surface area contributed by atoms with Gasteiger partial charge in [-0.2, -0.15) is 0 Å². The summed E-state index contributed by atoms with van der Waals surface area (Å²) in [6, 6.07) is 9.73. The number of aromatic nitrogens is 1. The molecule has 0 aliphatic heterocycles. The van der Waals surface area contributed by atoms with Crippen LogP contribution in [0.25, 0.3) is 0 Å². The summed E-state index contributed by atoms with van der Waals surface area (Å²) >= 11 is 6.80. The number of anilines is 2. The van der Waals surface area contributed by atoms with Crippen molar-refractivity contribution in [2.24, 2.45) is 0 Å². The van der Waals surface area contributed by atoms with Gasteiger partial charge >= 0.3 is 0 Å². The summed E-state index contributed by atoms with van der Waals surface area (Å²) in [4.78, 5) is 15.8. The number of amides is 1. The number of ether oxygens (including phenoxy) is 1. The van der Waals surface area contributed by atoms with Crippen LogP contribution >= 0.6 is 22.9 Å². The summed E-state index contributed by atoms with van der Waals surface area (Å²) in [5.41, 5.74) is 0.355. The minimum Gasteiger partial charge on any atom is -0.481 e. The Labute approximate surface area is 169 Å². The van der Waals surface area contributed by atoms with Crippen molar-refractivity contribution in [2.45, 2.75) is 4.90 Å². The zero-order valence-electron chi connectivity index (χ0n) is 14.1. The number of nitrogens with one attached hydrogen (secondary N) is 2. The molecule has 0 unspecified atom stereocenters. The van der Waals surface area contributed by atoms with Crippen molar-refractivity contribution in [1.82, 2.24) is 4.98 Å². The molecule has 0 radical (unpaired) electrons. The minimum absolute atomic E-state index is 0.0120. The highest BCUT2D eigenvalue weighted by atomic mass is 35.5. The molecular weight excluding hydrogens is 429 g/mol. The van der Waals surface area contributed by atoms with Gasteiger partial charge < -0.3 is 10.1 Å². The summed E-state index contributed by atoms with van der Waals surface area (Å²) in [6.07, 6.45) is 1.48. The van der Waals surface area contributed by atoms with E-state index in [-0.39, 0.29) is 20.8 Å². The molecule has 3 rings (SSSR count). The van der Waals surface area contributed by atoms with E-state index >= 15 is 0 Å². The average molecular weight is 442 g/mol. The smallest absolute Gasteiger partial charge is 0.263 e. The first-order chi connectivity index (χ1) is 13.3. The van der Waals surface area contributed by atoms with Crippen molar-refractivity contribution >= 4 is 49.7 Å². The highest BCUT2D eigenvalue weighted by Gasteiger charge is 2.16. The van der Waals surface area contributed by atoms with Gasteiger partial charge in [-0.05, 0) is 36.4 Å². The molecule has 7 nitrogen and oxygen atoms in total. The van der Waals surface area contributed by atoms with Crippen molar-refractivity contribution in [1.29, 1.82) is 0 Å². The van der Waals surface area contributed by atoms with Gasteiger partial charge in [0.1, 0.15) is 0 Å². The van der Waals surface area contributed by atoms with E-state index in [9.17, 15) is 17.6 Å². The van der Waals surface area contributed by atoms with Crippen molar-refractivity contribution in [3.05, 3.63) is 64.9 Å². The second-order valence-electron chi connectivity index (χ2n) is 5.36. The molecule has 146 valence electrons. The van der Waals surface area contributed by atoms with E-state index < -0.39 is 28.4 Å². The van der Waals surface area contributed by atoms with E-state index in [4.69, 9.17) is 16.3 Å². The number of thiazole rings is 1. The topological polar surface area (TPSA) is 97.4 Å². The van der Waals surface area contributed by atoms with E-state index in [2.05, 4.69) is 15.0 Å². The van der Waals surface area contributed by atoms with E-state index in [0.29, 0.717) is 5.69 Å². The monoisotopic (exact) mass is 441 g/mol. The van der Waals surface area contributed by atoms with Gasteiger partial charge in [0.05, 0.1) is 9.92 Å². The number of rotatable bonds is 7. The third-order valence-corrected chi connectivity index (χ3v) is 5.84. The first-order valence-corrected chi connectivity index (χ1v) is 10.5. The molecule has 0 bridgehead atoms. The highest BCUT2D eigenvalue weighted by molar-refractivity contribution is 7.93. The Morgan fingerprint density at radius 1 is 1.21 bits per heavy atom. The Hall–Kier alpha value is -2.69. The summed E-state index contributed by atoms with van der Waals surface area (Å²) in [7, 11) is -3.78. The SMILES string of the molecule is O=C(COc1cccc(Cl)c1F)Nc1ccc(S(=O)(=O)Nc2nccs2)cc1. The molecule has 0 atom stereocenters. The molecule has 0 aliphatic carbocycles. The molecule has 0 spiro atoms. The number of carbonyl (C=O) groups excluding carboxylic acids is 1. The third kappa shape index (κ3) is 4.97. The highest BCUT2D eigenvalue weighted by Crippen LogP contribution is 2.24. The average Bonchev–Trinajstić information content (AvgIpc) is 3.16. The Bertz CT molecular complexity index is 1070. The maximum absolute atomic E-state index is 13.7. The molecule has 1 heterocycles. The molecule has 0 saturated heterocycles. The number of hydrogen-bond donors (Lipinski definition) is 2. The number of carbonyl (C=O) groups is 1. The second kappa shape index (κ2) is 8.55. The minimum atomic E-state index is -3.78. The van der Waals surface area contributed by atoms with E-state index in [0.717, 1.165) is 11.3 Å². The van der Waals surface area contributed by atoms with Crippen LogP contribution in [0.5, 0.6) is 5.75 Å². The van der Waals surface area contributed by atoms with Crippen LogP contribution in [0.3, 0.4) is 0 Å². The van der Waals surface area contributed by atoms with Crippen molar-refractivity contribution in [2.75, 3.05) is 16.6 Å². The summed E-state index contributed by atoms with van der Waals surface area (Å²) in [6.45, 7) is -0.442. The van der Waals surface area contributed by atoms with Crippen molar-refractivity contribution in [3.8, 4) is 5.75 Å². The Morgan fingerprint density at radius 3 is 2.64 bits per heavy atom. The molecule has 1 aromatic heterocycles. The summed E-state index contributed by atoms with van der Waals surface area (Å²) in [5, 5.41) is 4.31. The number of halogens is 2. The van der Waals surface area contributed by atoms with Crippen LogP contribution in [0.1, 0.15) is 0 Å². The lowest BCUT2D eigenvalue weighted by Crippen LogP contribution is -2.20. The Kier molecular flexibility index (Phi) is 6.12. The van der Waals surface area contributed by atoms with Crippen LogP contribution in [0.2, 0.25) is 5.02 Å². The fraction of sp³-hybridized carbons (Fsp3) is 0.0588. The Balaban J connectivity index is 1.59. The summed E-state index contributed by atoms with van der Waals surface area (Å²) < 4.78 is 45.7. The maximum Gasteiger partial charge on any atom is 0.263 e. The van der Waals surface area contributed by atoms with Crippen LogP contribution in [-0.2, 0) is 14.8 Å². The van der Waals surface area contributed by atoms with Crippen molar-refractivity contribution in [3.63, 3.8) is 0 Å². The molecule has 11 heteroatoms. The molecule has 1 amide bonds. The second-order valence-corrected chi connectivity index (χ2v) is 8.34. The van der Waals surface area contributed by atoms with E-state index in [1.54, 1.807) is 5.38 Å². The standard InChI is InChI=1S/C17H13ClFN3O4S2/c18-13-2-1-3-14(16(13)19)26-10-15(23)21-11-4-6-12(7-5-11)28(24,25)22-17-20-8-9-27-17/h1-9H,10H2,(H,20,22)(H,21,23). The van der Waals surface area contributed by atoms with Gasteiger partial charge in [0.15, 0.2) is 23.3 Å². The van der Waals surface area contributed by atoms with Gasteiger partial charge in [0, 0.05) is 17.3 Å². The number of hydrogen-bond acceptors (Lipinski definition) is 6. The van der Waals surface area contributed by atoms with E-state index in [1.807, 2.05) is 0 Å². The van der Waals surface area contributed by atoms with Gasteiger partial charge in [-0.15, -0.1) is 11.3 Å². The van der Waals surface area contributed by atoms with Crippen molar-refractivity contribution < 1.29 is 22.3 Å². The van der Waals surface area contributed by atoms with Crippen LogP contribution < -0.4 is 14.8 Å². The maximum atomic E-state index is 13.7. The molecular formula is C17H13ClFN3O4S2. The number of benzene rings is 2. The zero-order chi connectivity index (χ0) is 20.1. The largest absolute Gasteiger partial charge is 0.481 e. The van der Waals surface area contributed by atoms with Gasteiger partial charge in [-0.25, -0.2) is 17.8 Å². The van der Waals surface area contributed by atoms with Crippen LogP contribution in [0.15, 0.2) is 58.9 Å². The summed E-state index contributed by atoms with van der Waals surface area (Å²) in [5.74, 6) is -1.44.